The Morgan fingerprint density at radius 2 is 2.14 bits per heavy atom. The molecule has 3 rings (SSSR count). The van der Waals surface area contributed by atoms with E-state index in [1.165, 1.54) is 18.7 Å². The molecule has 7 nitrogen and oxygen atoms in total. The average Bonchev–Trinajstić information content (AvgIpc) is 3.01. The van der Waals surface area contributed by atoms with Crippen molar-refractivity contribution < 1.29 is 4.92 Å². The third-order valence-electron chi connectivity index (χ3n) is 4.18. The number of piperazine rings is 1. The zero-order valence-corrected chi connectivity index (χ0v) is 13.3. The van der Waals surface area contributed by atoms with Gasteiger partial charge < -0.3 is 10.2 Å². The first-order chi connectivity index (χ1) is 10.1. The van der Waals surface area contributed by atoms with Crippen LogP contribution in [0.15, 0.2) is 16.7 Å². The number of halogens is 1. The van der Waals surface area contributed by atoms with Crippen molar-refractivity contribution in [2.45, 2.75) is 12.5 Å². The Balaban J connectivity index is 1.65. The Morgan fingerprint density at radius 1 is 1.38 bits per heavy atom. The van der Waals surface area contributed by atoms with Gasteiger partial charge in [0.2, 0.25) is 0 Å². The van der Waals surface area contributed by atoms with E-state index in [4.69, 9.17) is 0 Å². The second-order valence-electron chi connectivity index (χ2n) is 5.43. The molecule has 21 heavy (non-hydrogen) atoms. The zero-order chi connectivity index (χ0) is 14.8. The summed E-state index contributed by atoms with van der Waals surface area (Å²) in [5.41, 5.74) is 0.0151. The van der Waals surface area contributed by atoms with Gasteiger partial charge in [-0.25, -0.2) is 4.98 Å². The molecule has 0 bridgehead atoms. The van der Waals surface area contributed by atoms with Crippen molar-refractivity contribution in [3.63, 3.8) is 0 Å². The molecule has 2 saturated heterocycles. The lowest BCUT2D eigenvalue weighted by Crippen LogP contribution is -2.51. The summed E-state index contributed by atoms with van der Waals surface area (Å²) in [4.78, 5) is 19.3. The molecule has 0 amide bonds. The van der Waals surface area contributed by atoms with Gasteiger partial charge in [-0.3, -0.25) is 15.0 Å². The minimum Gasteiger partial charge on any atom is -0.353 e. The third kappa shape index (κ3) is 3.17. The van der Waals surface area contributed by atoms with Crippen molar-refractivity contribution in [3.8, 4) is 0 Å². The lowest BCUT2D eigenvalue weighted by molar-refractivity contribution is -0.385. The predicted molar refractivity (Wildman–Crippen MR) is 83.7 cm³/mol. The standard InChI is InChI=1S/C13H18BrN5O2/c14-12-7-11(19(20)21)9-16-13(12)18-5-3-17(4-6-18)10-1-2-15-8-10/h7,9-10,15H,1-6,8H2. The van der Waals surface area contributed by atoms with Gasteiger partial charge in [0, 0.05) is 44.8 Å². The highest BCUT2D eigenvalue weighted by atomic mass is 79.9. The molecule has 2 aliphatic heterocycles. The Morgan fingerprint density at radius 3 is 2.71 bits per heavy atom. The van der Waals surface area contributed by atoms with Crippen LogP contribution in [0.4, 0.5) is 11.5 Å². The van der Waals surface area contributed by atoms with Gasteiger partial charge in [-0.05, 0) is 28.9 Å². The molecule has 2 aliphatic rings. The van der Waals surface area contributed by atoms with E-state index >= 15 is 0 Å². The summed E-state index contributed by atoms with van der Waals surface area (Å²) >= 11 is 3.40. The summed E-state index contributed by atoms with van der Waals surface area (Å²) in [6.07, 6.45) is 2.55. The van der Waals surface area contributed by atoms with Gasteiger partial charge in [0.1, 0.15) is 12.0 Å². The quantitative estimate of drug-likeness (QED) is 0.649. The second kappa shape index (κ2) is 6.25. The Hall–Kier alpha value is -1.25. The Bertz CT molecular complexity index is 527. The molecule has 3 heterocycles. The Kier molecular flexibility index (Phi) is 4.37. The number of hydrogen-bond acceptors (Lipinski definition) is 6. The fourth-order valence-corrected chi connectivity index (χ4v) is 3.59. The first kappa shape index (κ1) is 14.7. The van der Waals surface area contributed by atoms with Crippen molar-refractivity contribution in [2.75, 3.05) is 44.2 Å². The number of rotatable bonds is 3. The molecule has 1 atom stereocenters. The lowest BCUT2D eigenvalue weighted by atomic mass is 10.2. The second-order valence-corrected chi connectivity index (χ2v) is 6.28. The van der Waals surface area contributed by atoms with Gasteiger partial charge in [0.05, 0.1) is 9.40 Å². The highest BCUT2D eigenvalue weighted by Crippen LogP contribution is 2.28. The summed E-state index contributed by atoms with van der Waals surface area (Å²) in [6.45, 7) is 6.02. The molecule has 8 heteroatoms. The van der Waals surface area contributed by atoms with Crippen LogP contribution in [-0.4, -0.2) is 60.1 Å². The number of aromatic nitrogens is 1. The van der Waals surface area contributed by atoms with E-state index in [-0.39, 0.29) is 5.69 Å². The first-order valence-corrected chi connectivity index (χ1v) is 7.94. The van der Waals surface area contributed by atoms with Crippen LogP contribution in [0.5, 0.6) is 0 Å². The number of nitrogens with zero attached hydrogens (tertiary/aromatic N) is 4. The van der Waals surface area contributed by atoms with Crippen molar-refractivity contribution in [3.05, 3.63) is 26.9 Å². The van der Waals surface area contributed by atoms with Crippen LogP contribution >= 0.6 is 15.9 Å². The number of pyridine rings is 1. The van der Waals surface area contributed by atoms with Crippen LogP contribution in [-0.2, 0) is 0 Å². The summed E-state index contributed by atoms with van der Waals surface area (Å²) in [5, 5.41) is 14.1. The number of anilines is 1. The summed E-state index contributed by atoms with van der Waals surface area (Å²) in [5.74, 6) is 0.796. The summed E-state index contributed by atoms with van der Waals surface area (Å²) < 4.78 is 0.688. The van der Waals surface area contributed by atoms with Crippen LogP contribution in [0.2, 0.25) is 0 Å². The molecule has 0 aromatic carbocycles. The van der Waals surface area contributed by atoms with E-state index in [1.807, 2.05) is 0 Å². The van der Waals surface area contributed by atoms with Crippen molar-refractivity contribution in [1.29, 1.82) is 0 Å². The smallest absolute Gasteiger partial charge is 0.288 e. The molecule has 0 aliphatic carbocycles. The fraction of sp³-hybridized carbons (Fsp3) is 0.615. The van der Waals surface area contributed by atoms with E-state index in [2.05, 4.69) is 36.0 Å². The van der Waals surface area contributed by atoms with E-state index in [0.29, 0.717) is 10.5 Å². The van der Waals surface area contributed by atoms with Crippen LogP contribution in [0, 0.1) is 10.1 Å². The van der Waals surface area contributed by atoms with E-state index in [9.17, 15) is 10.1 Å². The van der Waals surface area contributed by atoms with Crippen LogP contribution in [0.3, 0.4) is 0 Å². The maximum Gasteiger partial charge on any atom is 0.288 e. The molecular weight excluding hydrogens is 338 g/mol. The largest absolute Gasteiger partial charge is 0.353 e. The maximum atomic E-state index is 10.7. The van der Waals surface area contributed by atoms with Crippen molar-refractivity contribution in [2.24, 2.45) is 0 Å². The van der Waals surface area contributed by atoms with Crippen molar-refractivity contribution in [1.82, 2.24) is 15.2 Å². The topological polar surface area (TPSA) is 74.5 Å². The van der Waals surface area contributed by atoms with Gasteiger partial charge in [0.25, 0.3) is 5.69 Å². The number of nitro groups is 1. The molecular formula is C13H18BrN5O2. The van der Waals surface area contributed by atoms with E-state index < -0.39 is 4.92 Å². The van der Waals surface area contributed by atoms with E-state index in [0.717, 1.165) is 45.1 Å². The molecule has 0 saturated carbocycles. The van der Waals surface area contributed by atoms with Gasteiger partial charge >= 0.3 is 0 Å². The number of nitrogens with one attached hydrogen (secondary N) is 1. The number of hydrogen-bond donors (Lipinski definition) is 1. The monoisotopic (exact) mass is 355 g/mol. The molecule has 114 valence electrons. The Labute approximate surface area is 131 Å². The van der Waals surface area contributed by atoms with Gasteiger partial charge in [-0.2, -0.15) is 0 Å². The third-order valence-corrected chi connectivity index (χ3v) is 4.77. The normalized spacial score (nSPS) is 23.5. The predicted octanol–water partition coefficient (Wildman–Crippen LogP) is 1.24. The molecule has 2 fully saturated rings. The maximum absolute atomic E-state index is 10.7. The average molecular weight is 356 g/mol. The van der Waals surface area contributed by atoms with Gasteiger partial charge in [-0.15, -0.1) is 0 Å². The molecule has 1 aromatic heterocycles. The minimum absolute atomic E-state index is 0.0151. The van der Waals surface area contributed by atoms with E-state index in [1.54, 1.807) is 0 Å². The van der Waals surface area contributed by atoms with Crippen LogP contribution < -0.4 is 10.2 Å². The minimum atomic E-state index is -0.424. The summed E-state index contributed by atoms with van der Waals surface area (Å²) in [7, 11) is 0. The molecule has 1 aromatic rings. The fourth-order valence-electron chi connectivity index (χ4n) is 3.00. The lowest BCUT2D eigenvalue weighted by Gasteiger charge is -2.38. The van der Waals surface area contributed by atoms with Crippen molar-refractivity contribution >= 4 is 27.4 Å². The molecule has 1 N–H and O–H groups in total. The molecule has 0 radical (unpaired) electrons. The summed E-state index contributed by atoms with van der Waals surface area (Å²) in [6, 6.07) is 2.18. The highest BCUT2D eigenvalue weighted by Gasteiger charge is 2.27. The zero-order valence-electron chi connectivity index (χ0n) is 11.7. The first-order valence-electron chi connectivity index (χ1n) is 7.15. The van der Waals surface area contributed by atoms with Crippen LogP contribution in [0.25, 0.3) is 0 Å². The SMILES string of the molecule is O=[N+]([O-])c1cnc(N2CCN(C3CCNC3)CC2)c(Br)c1. The van der Waals surface area contributed by atoms with Crippen LogP contribution in [0.1, 0.15) is 6.42 Å². The van der Waals surface area contributed by atoms with Gasteiger partial charge in [0.15, 0.2) is 0 Å². The highest BCUT2D eigenvalue weighted by molar-refractivity contribution is 9.10. The molecule has 0 spiro atoms. The molecule has 1 unspecified atom stereocenters. The van der Waals surface area contributed by atoms with Gasteiger partial charge in [-0.1, -0.05) is 0 Å².